The van der Waals surface area contributed by atoms with Crippen molar-refractivity contribution in [2.45, 2.75) is 59.0 Å². The van der Waals surface area contributed by atoms with Gasteiger partial charge in [-0.2, -0.15) is 5.54 Å². The van der Waals surface area contributed by atoms with Crippen LogP contribution in [0, 0.1) is 0 Å². The summed E-state index contributed by atoms with van der Waals surface area (Å²) >= 11 is 0. The van der Waals surface area contributed by atoms with Gasteiger partial charge in [0, 0.05) is 6.54 Å². The highest BCUT2D eigenvalue weighted by atomic mass is 19.2. The maximum Gasteiger partial charge on any atom is 0.0971 e. The summed E-state index contributed by atoms with van der Waals surface area (Å²) in [5.41, 5.74) is 1.63. The van der Waals surface area contributed by atoms with Crippen molar-refractivity contribution in [3.63, 3.8) is 0 Å². The minimum atomic E-state index is -0.616. The number of unbranched alkanes of at least 4 members (excludes halogenated alkanes) is 3. The van der Waals surface area contributed by atoms with E-state index in [1.807, 2.05) is 6.92 Å². The van der Waals surface area contributed by atoms with Crippen molar-refractivity contribution in [1.29, 1.82) is 0 Å². The maximum atomic E-state index is 11.4. The number of hydrogen-bond acceptors (Lipinski definition) is 1. The molecule has 0 aliphatic rings. The van der Waals surface area contributed by atoms with Crippen molar-refractivity contribution >= 4 is 0 Å². The first-order valence-electron chi connectivity index (χ1n) is 5.16. The van der Waals surface area contributed by atoms with E-state index in [2.05, 4.69) is 6.92 Å². The fourth-order valence-electron chi connectivity index (χ4n) is 0.619. The SMILES string of the molecule is CCC(C)F.CCCCCCNF. The Kier molecular flexibility index (Phi) is 16.9. The predicted molar refractivity (Wildman–Crippen MR) is 54.1 cm³/mol. The molecule has 0 heterocycles. The van der Waals surface area contributed by atoms with Gasteiger partial charge in [-0.05, 0) is 19.8 Å². The quantitative estimate of drug-likeness (QED) is 0.502. The summed E-state index contributed by atoms with van der Waals surface area (Å²) < 4.78 is 22.6. The lowest BCUT2D eigenvalue weighted by Gasteiger charge is -1.93. The highest BCUT2D eigenvalue weighted by molar-refractivity contribution is 4.39. The Balaban J connectivity index is 0. The molecule has 82 valence electrons. The van der Waals surface area contributed by atoms with Gasteiger partial charge in [0.2, 0.25) is 0 Å². The zero-order chi connectivity index (χ0) is 10.5. The van der Waals surface area contributed by atoms with E-state index in [-0.39, 0.29) is 0 Å². The topological polar surface area (TPSA) is 12.0 Å². The van der Waals surface area contributed by atoms with Crippen molar-refractivity contribution in [2.75, 3.05) is 6.54 Å². The van der Waals surface area contributed by atoms with Crippen molar-refractivity contribution < 1.29 is 8.87 Å². The monoisotopic (exact) mass is 195 g/mol. The van der Waals surface area contributed by atoms with Gasteiger partial charge in [-0.25, -0.2) is 4.39 Å². The number of hydrogen-bond donors (Lipinski definition) is 1. The summed E-state index contributed by atoms with van der Waals surface area (Å²) in [6.45, 7) is 6.04. The number of alkyl halides is 1. The van der Waals surface area contributed by atoms with Crippen LogP contribution in [-0.4, -0.2) is 12.7 Å². The summed E-state index contributed by atoms with van der Waals surface area (Å²) in [6.07, 6.45) is 4.57. The van der Waals surface area contributed by atoms with Crippen LogP contribution >= 0.6 is 0 Å². The van der Waals surface area contributed by atoms with E-state index in [0.717, 1.165) is 12.8 Å². The Morgan fingerprint density at radius 1 is 1.15 bits per heavy atom. The first kappa shape index (κ1) is 15.3. The second-order valence-corrected chi connectivity index (χ2v) is 3.13. The molecule has 0 aliphatic heterocycles. The molecule has 1 atom stereocenters. The average Bonchev–Trinajstić information content (AvgIpc) is 2.14. The number of nitrogens with one attached hydrogen (secondary N) is 1. The molecule has 3 heteroatoms. The van der Waals surface area contributed by atoms with Gasteiger partial charge < -0.3 is 0 Å². The molecule has 0 rings (SSSR count). The molecule has 1 N–H and O–H groups in total. The zero-order valence-corrected chi connectivity index (χ0v) is 9.08. The van der Waals surface area contributed by atoms with Gasteiger partial charge in [0.25, 0.3) is 0 Å². The maximum absolute atomic E-state index is 11.4. The van der Waals surface area contributed by atoms with E-state index in [1.165, 1.54) is 12.8 Å². The average molecular weight is 195 g/mol. The fourth-order valence-corrected chi connectivity index (χ4v) is 0.619. The lowest BCUT2D eigenvalue weighted by molar-refractivity contribution is 0.328. The molecule has 0 aromatic carbocycles. The van der Waals surface area contributed by atoms with Gasteiger partial charge in [0.05, 0.1) is 6.17 Å². The van der Waals surface area contributed by atoms with Gasteiger partial charge in [-0.3, -0.25) is 0 Å². The zero-order valence-electron chi connectivity index (χ0n) is 9.08. The summed E-state index contributed by atoms with van der Waals surface area (Å²) in [7, 11) is 0. The number of rotatable bonds is 6. The largest absolute Gasteiger partial charge is 0.248 e. The Morgan fingerprint density at radius 3 is 2.00 bits per heavy atom. The Labute approximate surface area is 80.8 Å². The minimum absolute atomic E-state index is 0.514. The Morgan fingerprint density at radius 2 is 1.69 bits per heavy atom. The third kappa shape index (κ3) is 24.5. The Hall–Kier alpha value is -0.180. The molecule has 0 saturated carbocycles. The third-order valence-corrected chi connectivity index (χ3v) is 1.69. The van der Waals surface area contributed by atoms with Gasteiger partial charge >= 0.3 is 0 Å². The molecule has 1 nitrogen and oxygen atoms in total. The molecule has 13 heavy (non-hydrogen) atoms. The highest BCUT2D eigenvalue weighted by Gasteiger charge is 1.85. The molecule has 1 unspecified atom stereocenters. The van der Waals surface area contributed by atoms with Crippen LogP contribution < -0.4 is 5.54 Å². The van der Waals surface area contributed by atoms with E-state index in [9.17, 15) is 8.87 Å². The van der Waals surface area contributed by atoms with Crippen LogP contribution in [0.1, 0.15) is 52.9 Å². The molecular formula is C10H23F2N. The second-order valence-electron chi connectivity index (χ2n) is 3.13. The molecule has 0 spiro atoms. The van der Waals surface area contributed by atoms with E-state index >= 15 is 0 Å². The summed E-state index contributed by atoms with van der Waals surface area (Å²) in [4.78, 5) is 0. The smallest absolute Gasteiger partial charge is 0.0971 e. The van der Waals surface area contributed by atoms with Crippen molar-refractivity contribution in [3.8, 4) is 0 Å². The van der Waals surface area contributed by atoms with E-state index in [4.69, 9.17) is 0 Å². The first-order valence-corrected chi connectivity index (χ1v) is 5.16. The van der Waals surface area contributed by atoms with Crippen molar-refractivity contribution in [3.05, 3.63) is 0 Å². The lowest BCUT2D eigenvalue weighted by Crippen LogP contribution is -2.01. The van der Waals surface area contributed by atoms with Gasteiger partial charge in [-0.15, -0.1) is 4.48 Å². The second kappa shape index (κ2) is 14.3. The van der Waals surface area contributed by atoms with E-state index < -0.39 is 6.17 Å². The van der Waals surface area contributed by atoms with E-state index in [1.54, 1.807) is 12.5 Å². The van der Waals surface area contributed by atoms with Crippen LogP contribution in [0.15, 0.2) is 0 Å². The molecule has 0 bridgehead atoms. The van der Waals surface area contributed by atoms with Crippen LogP contribution in [0.2, 0.25) is 0 Å². The van der Waals surface area contributed by atoms with Gasteiger partial charge in [0.15, 0.2) is 0 Å². The number of halogens is 2. The molecule has 0 saturated heterocycles. The molecule has 0 amide bonds. The van der Waals surface area contributed by atoms with Crippen LogP contribution in [0.5, 0.6) is 0 Å². The molecule has 0 aromatic rings. The first-order chi connectivity index (χ1) is 6.18. The van der Waals surface area contributed by atoms with E-state index in [0.29, 0.717) is 13.0 Å². The van der Waals surface area contributed by atoms with Crippen LogP contribution in [-0.2, 0) is 0 Å². The van der Waals surface area contributed by atoms with Gasteiger partial charge in [0.1, 0.15) is 0 Å². The Bertz CT molecular complexity index is 71.3. The summed E-state index contributed by atoms with van der Waals surface area (Å²) in [5, 5.41) is 0. The minimum Gasteiger partial charge on any atom is -0.248 e. The lowest BCUT2D eigenvalue weighted by atomic mass is 10.2. The fraction of sp³-hybridized carbons (Fsp3) is 1.00. The molecule has 0 radical (unpaired) electrons. The van der Waals surface area contributed by atoms with Crippen molar-refractivity contribution in [1.82, 2.24) is 5.54 Å². The predicted octanol–water partition coefficient (Wildman–Crippen LogP) is 3.80. The summed E-state index contributed by atoms with van der Waals surface area (Å²) in [5.74, 6) is 0. The highest BCUT2D eigenvalue weighted by Crippen LogP contribution is 1.96. The molecule has 0 aromatic heterocycles. The van der Waals surface area contributed by atoms with Crippen LogP contribution in [0.25, 0.3) is 0 Å². The third-order valence-electron chi connectivity index (χ3n) is 1.69. The molecule has 0 fully saturated rings. The van der Waals surface area contributed by atoms with Gasteiger partial charge in [-0.1, -0.05) is 33.1 Å². The summed E-state index contributed by atoms with van der Waals surface area (Å²) in [6, 6.07) is 0. The van der Waals surface area contributed by atoms with Crippen LogP contribution in [0.4, 0.5) is 8.87 Å². The molecular weight excluding hydrogens is 172 g/mol. The molecule has 0 aliphatic carbocycles. The standard InChI is InChI=1S/C6H14FN.C4H9F/c1-2-3-4-5-6-8-7;1-3-4(2)5/h8H,2-6H2,1H3;4H,3H2,1-2H3. The van der Waals surface area contributed by atoms with Crippen molar-refractivity contribution in [2.24, 2.45) is 0 Å². The van der Waals surface area contributed by atoms with Crippen LogP contribution in [0.3, 0.4) is 0 Å². The normalized spacial score (nSPS) is 11.8.